The Labute approximate surface area is 138 Å². The molecule has 1 atom stereocenters. The van der Waals surface area contributed by atoms with Crippen LogP contribution in [-0.4, -0.2) is 17.1 Å². The van der Waals surface area contributed by atoms with Crippen LogP contribution in [0.5, 0.6) is 5.75 Å². The number of Topliss-reactive ketones (excluding diaryl/α,β-unsaturated/α-hetero) is 1. The van der Waals surface area contributed by atoms with Gasteiger partial charge in [0, 0.05) is 6.20 Å². The van der Waals surface area contributed by atoms with Gasteiger partial charge in [0.2, 0.25) is 0 Å². The van der Waals surface area contributed by atoms with Gasteiger partial charge < -0.3 is 4.74 Å². The number of benzene rings is 1. The van der Waals surface area contributed by atoms with Crippen molar-refractivity contribution in [2.75, 3.05) is 0 Å². The summed E-state index contributed by atoms with van der Waals surface area (Å²) in [5.74, 6) is -2.06. The first-order chi connectivity index (χ1) is 11.5. The van der Waals surface area contributed by atoms with Crippen LogP contribution in [0.3, 0.4) is 0 Å². The van der Waals surface area contributed by atoms with Crippen LogP contribution in [0.1, 0.15) is 29.7 Å². The third-order valence-electron chi connectivity index (χ3n) is 3.24. The summed E-state index contributed by atoms with van der Waals surface area (Å²) in [6.45, 7) is 1.18. The lowest BCUT2D eigenvalue weighted by Gasteiger charge is -2.17. The molecule has 0 fully saturated rings. The Kier molecular flexibility index (Phi) is 5.05. The van der Waals surface area contributed by atoms with E-state index in [2.05, 4.69) is 9.72 Å². The topological polar surface area (TPSA) is 39.2 Å². The number of ether oxygens (including phenoxy) is 1. The molecule has 1 unspecified atom stereocenters. The lowest BCUT2D eigenvalue weighted by atomic mass is 9.89. The number of alkyl halides is 6. The number of hydrogen-bond acceptors (Lipinski definition) is 3. The second-order valence-corrected chi connectivity index (χ2v) is 5.14. The van der Waals surface area contributed by atoms with E-state index >= 15 is 0 Å². The van der Waals surface area contributed by atoms with Crippen molar-refractivity contribution in [2.24, 2.45) is 0 Å². The second-order valence-electron chi connectivity index (χ2n) is 5.14. The minimum absolute atomic E-state index is 0.129. The quantitative estimate of drug-likeness (QED) is 0.738. The molecule has 0 saturated heterocycles. The van der Waals surface area contributed by atoms with Gasteiger partial charge in [-0.15, -0.1) is 13.2 Å². The zero-order chi connectivity index (χ0) is 18.8. The highest BCUT2D eigenvalue weighted by atomic mass is 19.4. The standard InChI is InChI=1S/C16H11F6NO2/c1-9(24)14(11-5-6-13(23-8-11)15(17,18)19)10-3-2-4-12(7-10)25-16(20,21)22/h2-8,14H,1H3. The molecule has 0 aliphatic rings. The predicted octanol–water partition coefficient (Wildman–Crippen LogP) is 4.72. The molecular weight excluding hydrogens is 352 g/mol. The third-order valence-corrected chi connectivity index (χ3v) is 3.24. The lowest BCUT2D eigenvalue weighted by molar-refractivity contribution is -0.274. The summed E-state index contributed by atoms with van der Waals surface area (Å²) in [6, 6.07) is 6.48. The molecule has 1 aromatic carbocycles. The molecular formula is C16H11F6NO2. The van der Waals surface area contributed by atoms with Crippen molar-refractivity contribution in [3.63, 3.8) is 0 Å². The average molecular weight is 363 g/mol. The minimum atomic E-state index is -4.90. The Morgan fingerprint density at radius 2 is 1.72 bits per heavy atom. The lowest BCUT2D eigenvalue weighted by Crippen LogP contribution is -2.18. The largest absolute Gasteiger partial charge is 0.573 e. The number of aromatic nitrogens is 1. The zero-order valence-electron chi connectivity index (χ0n) is 12.7. The van der Waals surface area contributed by atoms with E-state index in [1.54, 1.807) is 0 Å². The van der Waals surface area contributed by atoms with Gasteiger partial charge in [-0.2, -0.15) is 13.2 Å². The Morgan fingerprint density at radius 1 is 1.04 bits per heavy atom. The molecule has 0 bridgehead atoms. The van der Waals surface area contributed by atoms with Crippen molar-refractivity contribution in [1.82, 2.24) is 4.98 Å². The van der Waals surface area contributed by atoms with Gasteiger partial charge >= 0.3 is 12.5 Å². The van der Waals surface area contributed by atoms with Crippen LogP contribution in [0, 0.1) is 0 Å². The van der Waals surface area contributed by atoms with Gasteiger partial charge in [-0.25, -0.2) is 0 Å². The van der Waals surface area contributed by atoms with E-state index in [9.17, 15) is 31.1 Å². The Hall–Kier alpha value is -2.58. The maximum absolute atomic E-state index is 12.6. The van der Waals surface area contributed by atoms with Crippen molar-refractivity contribution in [2.45, 2.75) is 25.4 Å². The molecule has 0 N–H and O–H groups in total. The van der Waals surface area contributed by atoms with E-state index < -0.39 is 35.7 Å². The molecule has 0 radical (unpaired) electrons. The fourth-order valence-electron chi connectivity index (χ4n) is 2.30. The second kappa shape index (κ2) is 6.73. The van der Waals surface area contributed by atoms with Gasteiger partial charge in [0.15, 0.2) is 0 Å². The van der Waals surface area contributed by atoms with Gasteiger partial charge in [-0.3, -0.25) is 9.78 Å². The number of halogens is 6. The number of ketones is 1. The van der Waals surface area contributed by atoms with E-state index in [-0.39, 0.29) is 11.1 Å². The molecule has 0 saturated carbocycles. The number of carbonyl (C=O) groups is 1. The fourth-order valence-corrected chi connectivity index (χ4v) is 2.30. The van der Waals surface area contributed by atoms with Gasteiger partial charge in [0.1, 0.15) is 17.2 Å². The van der Waals surface area contributed by atoms with Crippen molar-refractivity contribution in [3.8, 4) is 5.75 Å². The van der Waals surface area contributed by atoms with E-state index in [0.717, 1.165) is 24.4 Å². The number of pyridine rings is 1. The monoisotopic (exact) mass is 363 g/mol. The van der Waals surface area contributed by atoms with Gasteiger partial charge in [0.05, 0.1) is 5.92 Å². The van der Waals surface area contributed by atoms with Crippen LogP contribution in [0.15, 0.2) is 42.6 Å². The number of hydrogen-bond donors (Lipinski definition) is 0. The van der Waals surface area contributed by atoms with E-state index in [4.69, 9.17) is 0 Å². The molecule has 25 heavy (non-hydrogen) atoms. The minimum Gasteiger partial charge on any atom is -0.406 e. The molecule has 3 nitrogen and oxygen atoms in total. The maximum atomic E-state index is 12.6. The Bertz CT molecular complexity index is 752. The van der Waals surface area contributed by atoms with Crippen molar-refractivity contribution in [3.05, 3.63) is 59.4 Å². The average Bonchev–Trinajstić information content (AvgIpc) is 2.45. The third kappa shape index (κ3) is 4.94. The molecule has 2 aromatic rings. The molecule has 2 rings (SSSR count). The van der Waals surface area contributed by atoms with Gasteiger partial charge in [-0.05, 0) is 36.2 Å². The number of rotatable bonds is 4. The first-order valence-electron chi connectivity index (χ1n) is 6.86. The highest BCUT2D eigenvalue weighted by molar-refractivity contribution is 5.86. The van der Waals surface area contributed by atoms with Gasteiger partial charge in [-0.1, -0.05) is 18.2 Å². The summed E-state index contributed by atoms with van der Waals surface area (Å²) in [5, 5.41) is 0. The number of nitrogens with zero attached hydrogens (tertiary/aromatic N) is 1. The zero-order valence-corrected chi connectivity index (χ0v) is 12.7. The van der Waals surface area contributed by atoms with E-state index in [1.165, 1.54) is 19.1 Å². The van der Waals surface area contributed by atoms with Crippen molar-refractivity contribution in [1.29, 1.82) is 0 Å². The molecule has 0 amide bonds. The van der Waals surface area contributed by atoms with Crippen LogP contribution < -0.4 is 4.74 Å². The fraction of sp³-hybridized carbons (Fsp3) is 0.250. The molecule has 0 spiro atoms. The van der Waals surface area contributed by atoms with Crippen LogP contribution in [0.4, 0.5) is 26.3 Å². The van der Waals surface area contributed by atoms with Crippen molar-refractivity contribution < 1.29 is 35.9 Å². The van der Waals surface area contributed by atoms with E-state index in [0.29, 0.717) is 6.07 Å². The predicted molar refractivity (Wildman–Crippen MR) is 74.9 cm³/mol. The summed E-state index contributed by atoms with van der Waals surface area (Å²) < 4.78 is 78.4. The maximum Gasteiger partial charge on any atom is 0.573 e. The molecule has 1 aromatic heterocycles. The summed E-state index contributed by atoms with van der Waals surface area (Å²) >= 11 is 0. The first kappa shape index (κ1) is 18.8. The SMILES string of the molecule is CC(=O)C(c1ccc(C(F)(F)F)nc1)c1cccc(OC(F)(F)F)c1. The molecule has 134 valence electrons. The van der Waals surface area contributed by atoms with Crippen LogP contribution >= 0.6 is 0 Å². The van der Waals surface area contributed by atoms with Crippen LogP contribution in [-0.2, 0) is 11.0 Å². The summed E-state index contributed by atoms with van der Waals surface area (Å²) in [7, 11) is 0. The number of carbonyl (C=O) groups excluding carboxylic acids is 1. The molecule has 0 aliphatic carbocycles. The highest BCUT2D eigenvalue weighted by Crippen LogP contribution is 2.32. The Balaban J connectivity index is 2.39. The van der Waals surface area contributed by atoms with E-state index in [1.807, 2.05) is 0 Å². The molecule has 1 heterocycles. The van der Waals surface area contributed by atoms with Crippen LogP contribution in [0.2, 0.25) is 0 Å². The van der Waals surface area contributed by atoms with Crippen molar-refractivity contribution >= 4 is 5.78 Å². The molecule has 9 heteroatoms. The van der Waals surface area contributed by atoms with Gasteiger partial charge in [0.25, 0.3) is 0 Å². The summed E-state index contributed by atoms with van der Waals surface area (Å²) in [6.07, 6.45) is -8.66. The first-order valence-corrected chi connectivity index (χ1v) is 6.86. The summed E-state index contributed by atoms with van der Waals surface area (Å²) in [5.41, 5.74) is -0.854. The normalized spacial score (nSPS) is 13.4. The highest BCUT2D eigenvalue weighted by Gasteiger charge is 2.33. The van der Waals surface area contributed by atoms with Crippen LogP contribution in [0.25, 0.3) is 0 Å². The summed E-state index contributed by atoms with van der Waals surface area (Å²) in [4.78, 5) is 15.2. The smallest absolute Gasteiger partial charge is 0.406 e. The molecule has 0 aliphatic heterocycles. The Morgan fingerprint density at radius 3 is 2.20 bits per heavy atom.